The molecular weight excluding hydrogens is 256 g/mol. The van der Waals surface area contributed by atoms with Crippen LogP contribution in [0.2, 0.25) is 5.02 Å². The number of carbonyl (C=O) groups excluding carboxylic acids is 1. The van der Waals surface area contributed by atoms with E-state index in [4.69, 9.17) is 22.1 Å². The molecule has 1 aromatic rings. The molecule has 0 fully saturated rings. The van der Waals surface area contributed by atoms with Crippen LogP contribution in [0, 0.1) is 0 Å². The van der Waals surface area contributed by atoms with Crippen LogP contribution >= 0.6 is 11.6 Å². The van der Waals surface area contributed by atoms with Crippen molar-refractivity contribution < 1.29 is 14.6 Å². The van der Waals surface area contributed by atoms with Gasteiger partial charge in [-0.25, -0.2) is 4.79 Å². The number of esters is 1. The van der Waals surface area contributed by atoms with E-state index in [0.29, 0.717) is 22.9 Å². The van der Waals surface area contributed by atoms with Crippen molar-refractivity contribution in [1.82, 2.24) is 0 Å². The number of nitrogen functional groups attached to an aromatic ring is 1. The van der Waals surface area contributed by atoms with Crippen molar-refractivity contribution in [3.8, 4) is 0 Å². The smallest absolute Gasteiger partial charge is 0.340 e. The summed E-state index contributed by atoms with van der Waals surface area (Å²) in [5.41, 5.74) is 6.83. The molecule has 0 aliphatic rings. The molecule has 1 aromatic carbocycles. The second-order valence-corrected chi connectivity index (χ2v) is 4.53. The number of methoxy groups -OCH3 is 1. The number of anilines is 2. The summed E-state index contributed by atoms with van der Waals surface area (Å²) < 4.78 is 4.70. The average molecular weight is 273 g/mol. The van der Waals surface area contributed by atoms with Crippen LogP contribution in [-0.2, 0) is 4.74 Å². The van der Waals surface area contributed by atoms with Gasteiger partial charge in [-0.2, -0.15) is 0 Å². The third kappa shape index (κ3) is 3.27. The Morgan fingerprint density at radius 3 is 2.72 bits per heavy atom. The maximum absolute atomic E-state index is 11.7. The molecule has 0 heterocycles. The highest BCUT2D eigenvalue weighted by molar-refractivity contribution is 6.34. The molecule has 0 saturated carbocycles. The molecule has 18 heavy (non-hydrogen) atoms. The number of hydrogen-bond donors (Lipinski definition) is 2. The molecule has 6 heteroatoms. The van der Waals surface area contributed by atoms with Gasteiger partial charge in [0.25, 0.3) is 0 Å². The minimum Gasteiger partial charge on any atom is -0.465 e. The summed E-state index contributed by atoms with van der Waals surface area (Å²) in [4.78, 5) is 13.4. The van der Waals surface area contributed by atoms with E-state index < -0.39 is 12.1 Å². The van der Waals surface area contributed by atoms with E-state index >= 15 is 0 Å². The molecule has 1 atom stereocenters. The number of hydrogen-bond acceptors (Lipinski definition) is 5. The van der Waals surface area contributed by atoms with Crippen LogP contribution in [0.3, 0.4) is 0 Å². The lowest BCUT2D eigenvalue weighted by atomic mass is 10.1. The van der Waals surface area contributed by atoms with Gasteiger partial charge in [-0.1, -0.05) is 11.6 Å². The Bertz CT molecular complexity index is 449. The molecule has 100 valence electrons. The Balaban J connectivity index is 3.27. The molecule has 0 saturated heterocycles. The maximum Gasteiger partial charge on any atom is 0.340 e. The van der Waals surface area contributed by atoms with Crippen LogP contribution in [0.5, 0.6) is 0 Å². The first-order chi connectivity index (χ1) is 8.36. The Morgan fingerprint density at radius 2 is 2.22 bits per heavy atom. The van der Waals surface area contributed by atoms with Gasteiger partial charge in [-0.3, -0.25) is 0 Å². The van der Waals surface area contributed by atoms with Crippen LogP contribution in [-0.4, -0.2) is 37.9 Å². The number of rotatable bonds is 4. The topological polar surface area (TPSA) is 75.8 Å². The number of likely N-dealkylation sites (N-methyl/N-ethyl adjacent to an activating group) is 1. The van der Waals surface area contributed by atoms with Crippen molar-refractivity contribution >= 4 is 28.9 Å². The number of benzene rings is 1. The summed E-state index contributed by atoms with van der Waals surface area (Å²) in [6.07, 6.45) is -0.547. The molecule has 0 aliphatic carbocycles. The molecule has 3 N–H and O–H groups in total. The third-order valence-corrected chi connectivity index (χ3v) is 2.70. The van der Waals surface area contributed by atoms with Crippen molar-refractivity contribution in [2.24, 2.45) is 0 Å². The monoisotopic (exact) mass is 272 g/mol. The summed E-state index contributed by atoms with van der Waals surface area (Å²) in [6, 6.07) is 3.06. The second kappa shape index (κ2) is 5.93. The van der Waals surface area contributed by atoms with Gasteiger partial charge in [-0.05, 0) is 19.1 Å². The Kier molecular flexibility index (Phi) is 4.81. The predicted octanol–water partition coefficient (Wildman–Crippen LogP) is 1.53. The zero-order chi connectivity index (χ0) is 13.9. The number of halogens is 1. The van der Waals surface area contributed by atoms with E-state index in [0.717, 1.165) is 0 Å². The van der Waals surface area contributed by atoms with Crippen molar-refractivity contribution in [2.45, 2.75) is 13.0 Å². The van der Waals surface area contributed by atoms with Gasteiger partial charge in [-0.15, -0.1) is 0 Å². The fourth-order valence-corrected chi connectivity index (χ4v) is 2.13. The number of nitrogens with zero attached hydrogens (tertiary/aromatic N) is 1. The second-order valence-electron chi connectivity index (χ2n) is 4.12. The summed E-state index contributed by atoms with van der Waals surface area (Å²) in [7, 11) is 3.02. The normalized spacial score (nSPS) is 12.1. The summed E-state index contributed by atoms with van der Waals surface area (Å²) >= 11 is 6.10. The lowest BCUT2D eigenvalue weighted by molar-refractivity contribution is 0.0601. The quantitative estimate of drug-likeness (QED) is 0.642. The van der Waals surface area contributed by atoms with Crippen LogP contribution < -0.4 is 10.6 Å². The number of ether oxygens (including phenoxy) is 1. The molecule has 0 aliphatic heterocycles. The third-order valence-electron chi connectivity index (χ3n) is 2.41. The summed E-state index contributed by atoms with van der Waals surface area (Å²) in [5, 5.41) is 9.74. The van der Waals surface area contributed by atoms with E-state index in [1.165, 1.54) is 13.2 Å². The maximum atomic E-state index is 11.7. The minimum absolute atomic E-state index is 0.283. The van der Waals surface area contributed by atoms with Crippen molar-refractivity contribution in [3.63, 3.8) is 0 Å². The van der Waals surface area contributed by atoms with Crippen molar-refractivity contribution in [2.75, 3.05) is 31.3 Å². The molecule has 0 radical (unpaired) electrons. The number of aliphatic hydroxyl groups excluding tert-OH is 1. The highest BCUT2D eigenvalue weighted by Gasteiger charge is 2.20. The van der Waals surface area contributed by atoms with Gasteiger partial charge in [0.1, 0.15) is 0 Å². The summed E-state index contributed by atoms with van der Waals surface area (Å²) in [6.45, 7) is 1.99. The van der Waals surface area contributed by atoms with Gasteiger partial charge < -0.3 is 20.5 Å². The van der Waals surface area contributed by atoms with Gasteiger partial charge in [0.2, 0.25) is 0 Å². The molecule has 0 aromatic heterocycles. The fraction of sp³-hybridized carbons (Fsp3) is 0.417. The fourth-order valence-electron chi connectivity index (χ4n) is 1.76. The number of nitrogens with two attached hydrogens (primary N) is 1. The molecule has 5 nitrogen and oxygen atoms in total. The largest absolute Gasteiger partial charge is 0.465 e. The highest BCUT2D eigenvalue weighted by atomic mass is 35.5. The SMILES string of the molecule is COC(=O)c1cc(N)cc(Cl)c1N(C)CC(C)O. The van der Waals surface area contributed by atoms with Crippen LogP contribution in [0.15, 0.2) is 12.1 Å². The van der Waals surface area contributed by atoms with E-state index in [2.05, 4.69) is 0 Å². The predicted molar refractivity (Wildman–Crippen MR) is 72.2 cm³/mol. The molecule has 0 amide bonds. The van der Waals surface area contributed by atoms with Crippen LogP contribution in [0.1, 0.15) is 17.3 Å². The lowest BCUT2D eigenvalue weighted by Gasteiger charge is -2.24. The molecular formula is C12H17ClN2O3. The lowest BCUT2D eigenvalue weighted by Crippen LogP contribution is -2.28. The first-order valence-electron chi connectivity index (χ1n) is 5.43. The minimum atomic E-state index is -0.547. The van der Waals surface area contributed by atoms with Crippen LogP contribution in [0.4, 0.5) is 11.4 Å². The Hall–Kier alpha value is -1.46. The molecule has 1 rings (SSSR count). The molecule has 0 bridgehead atoms. The van der Waals surface area contributed by atoms with E-state index in [1.807, 2.05) is 0 Å². The molecule has 0 spiro atoms. The zero-order valence-electron chi connectivity index (χ0n) is 10.6. The first kappa shape index (κ1) is 14.6. The highest BCUT2D eigenvalue weighted by Crippen LogP contribution is 2.32. The van der Waals surface area contributed by atoms with Crippen molar-refractivity contribution in [1.29, 1.82) is 0 Å². The van der Waals surface area contributed by atoms with Gasteiger partial charge >= 0.3 is 5.97 Å². The van der Waals surface area contributed by atoms with E-state index in [9.17, 15) is 9.90 Å². The van der Waals surface area contributed by atoms with Gasteiger partial charge in [0, 0.05) is 19.3 Å². The van der Waals surface area contributed by atoms with Gasteiger partial charge in [0.15, 0.2) is 0 Å². The first-order valence-corrected chi connectivity index (χ1v) is 5.81. The number of carbonyl (C=O) groups is 1. The Labute approximate surface area is 111 Å². The van der Waals surface area contributed by atoms with E-state index in [-0.39, 0.29) is 5.56 Å². The standard InChI is InChI=1S/C12H17ClN2O3/c1-7(16)6-15(2)11-9(12(17)18-3)4-8(14)5-10(11)13/h4-5,7,16H,6,14H2,1-3H3. The molecule has 1 unspecified atom stereocenters. The number of aliphatic hydroxyl groups is 1. The Morgan fingerprint density at radius 1 is 1.61 bits per heavy atom. The van der Waals surface area contributed by atoms with Crippen LogP contribution in [0.25, 0.3) is 0 Å². The van der Waals surface area contributed by atoms with E-state index in [1.54, 1.807) is 24.9 Å². The average Bonchev–Trinajstić information content (AvgIpc) is 2.25. The van der Waals surface area contributed by atoms with Crippen molar-refractivity contribution in [3.05, 3.63) is 22.7 Å². The zero-order valence-corrected chi connectivity index (χ0v) is 11.4. The van der Waals surface area contributed by atoms with Gasteiger partial charge in [0.05, 0.1) is 29.5 Å². The summed E-state index contributed by atoms with van der Waals surface area (Å²) in [5.74, 6) is -0.517.